The molecular formula is C26H29ClFN5OS. The van der Waals surface area contributed by atoms with Gasteiger partial charge in [0.05, 0.1) is 17.0 Å². The first-order valence-corrected chi connectivity index (χ1v) is 13.3. The molecule has 1 aromatic carbocycles. The highest BCUT2D eigenvalue weighted by atomic mass is 35.5. The number of benzene rings is 1. The minimum Gasteiger partial charge on any atom is -0.340 e. The SMILES string of the molecule is CN(CC=CC(=O)N1CCc2c(sc3ncnc(Nc4ccc(F)c(Cl)c4)c23)C1)C1CCCCC1. The van der Waals surface area contributed by atoms with Crippen molar-refractivity contribution in [3.63, 3.8) is 0 Å². The maximum absolute atomic E-state index is 13.5. The van der Waals surface area contributed by atoms with Crippen LogP contribution in [0.3, 0.4) is 0 Å². The van der Waals surface area contributed by atoms with E-state index in [0.717, 1.165) is 28.1 Å². The number of nitrogens with one attached hydrogen (secondary N) is 1. The highest BCUT2D eigenvalue weighted by Gasteiger charge is 2.26. The van der Waals surface area contributed by atoms with Crippen molar-refractivity contribution >= 4 is 50.6 Å². The van der Waals surface area contributed by atoms with Gasteiger partial charge >= 0.3 is 0 Å². The van der Waals surface area contributed by atoms with Crippen LogP contribution in [0.5, 0.6) is 0 Å². The van der Waals surface area contributed by atoms with E-state index in [4.69, 9.17) is 11.6 Å². The van der Waals surface area contributed by atoms with Crippen LogP contribution in [0.15, 0.2) is 36.7 Å². The third kappa shape index (κ3) is 5.34. The van der Waals surface area contributed by atoms with Gasteiger partial charge in [0.1, 0.15) is 22.8 Å². The summed E-state index contributed by atoms with van der Waals surface area (Å²) in [6, 6.07) is 5.14. The molecule has 6 nitrogen and oxygen atoms in total. The fraction of sp³-hybridized carbons (Fsp3) is 0.423. The summed E-state index contributed by atoms with van der Waals surface area (Å²) in [5.74, 6) is 0.258. The molecule has 1 saturated carbocycles. The van der Waals surface area contributed by atoms with Gasteiger partial charge in [0.2, 0.25) is 5.91 Å². The Morgan fingerprint density at radius 1 is 1.31 bits per heavy atom. The lowest BCUT2D eigenvalue weighted by Gasteiger charge is -2.30. The van der Waals surface area contributed by atoms with Crippen molar-refractivity contribution in [2.75, 3.05) is 25.5 Å². The lowest BCUT2D eigenvalue weighted by Crippen LogP contribution is -2.35. The van der Waals surface area contributed by atoms with Crippen molar-refractivity contribution in [3.8, 4) is 0 Å². The van der Waals surface area contributed by atoms with Crippen LogP contribution in [0.4, 0.5) is 15.9 Å². The van der Waals surface area contributed by atoms with E-state index in [1.807, 2.05) is 11.0 Å². The third-order valence-corrected chi connectivity index (χ3v) is 8.40. The van der Waals surface area contributed by atoms with Crippen molar-refractivity contribution in [1.29, 1.82) is 0 Å². The Kier molecular flexibility index (Phi) is 7.32. The molecule has 2 aliphatic rings. The van der Waals surface area contributed by atoms with E-state index in [1.54, 1.807) is 29.5 Å². The summed E-state index contributed by atoms with van der Waals surface area (Å²) in [6.07, 6.45) is 12.5. The fourth-order valence-electron chi connectivity index (χ4n) is 5.02. The highest BCUT2D eigenvalue weighted by Crippen LogP contribution is 2.38. The van der Waals surface area contributed by atoms with E-state index in [1.165, 1.54) is 50.1 Å². The Morgan fingerprint density at radius 2 is 2.14 bits per heavy atom. The molecule has 35 heavy (non-hydrogen) atoms. The molecular weight excluding hydrogens is 485 g/mol. The quantitative estimate of drug-likeness (QED) is 0.414. The number of hydrogen-bond acceptors (Lipinski definition) is 6. The largest absolute Gasteiger partial charge is 0.340 e. The van der Waals surface area contributed by atoms with Gasteiger partial charge in [-0.25, -0.2) is 14.4 Å². The zero-order chi connectivity index (χ0) is 24.4. The predicted molar refractivity (Wildman–Crippen MR) is 140 cm³/mol. The number of thiophene rings is 1. The summed E-state index contributed by atoms with van der Waals surface area (Å²) in [5, 5.41) is 4.28. The maximum Gasteiger partial charge on any atom is 0.246 e. The van der Waals surface area contributed by atoms with Gasteiger partial charge in [-0.15, -0.1) is 11.3 Å². The number of carbonyl (C=O) groups excluding carboxylic acids is 1. The second-order valence-corrected chi connectivity index (χ2v) is 10.8. The lowest BCUT2D eigenvalue weighted by atomic mass is 9.94. The average molecular weight is 514 g/mol. The van der Waals surface area contributed by atoms with Crippen LogP contribution in [-0.2, 0) is 17.8 Å². The molecule has 0 atom stereocenters. The summed E-state index contributed by atoms with van der Waals surface area (Å²) in [5.41, 5.74) is 1.83. The van der Waals surface area contributed by atoms with E-state index >= 15 is 0 Å². The minimum atomic E-state index is -0.461. The molecule has 0 bridgehead atoms. The molecule has 9 heteroatoms. The van der Waals surface area contributed by atoms with Crippen molar-refractivity contribution in [3.05, 3.63) is 58.0 Å². The first-order valence-electron chi connectivity index (χ1n) is 12.1. The summed E-state index contributed by atoms with van der Waals surface area (Å²) in [6.45, 7) is 2.02. The Hall–Kier alpha value is -2.55. The summed E-state index contributed by atoms with van der Waals surface area (Å²) in [4.78, 5) is 28.1. The van der Waals surface area contributed by atoms with Crippen molar-refractivity contribution in [2.24, 2.45) is 0 Å². The summed E-state index contributed by atoms with van der Waals surface area (Å²) < 4.78 is 13.5. The van der Waals surface area contributed by atoms with Crippen LogP contribution in [0.1, 0.15) is 42.5 Å². The molecule has 1 amide bonds. The number of fused-ring (bicyclic) bond motifs is 3. The number of likely N-dealkylation sites (N-methyl/N-ethyl adjacent to an activating group) is 1. The van der Waals surface area contributed by atoms with Crippen LogP contribution >= 0.6 is 22.9 Å². The number of nitrogens with zero attached hydrogens (tertiary/aromatic N) is 4. The second kappa shape index (κ2) is 10.6. The average Bonchev–Trinajstić information content (AvgIpc) is 3.25. The maximum atomic E-state index is 13.5. The first-order chi connectivity index (χ1) is 17.0. The first kappa shape index (κ1) is 24.2. The zero-order valence-electron chi connectivity index (χ0n) is 19.8. The molecule has 1 aliphatic heterocycles. The number of anilines is 2. The van der Waals surface area contributed by atoms with E-state index in [0.29, 0.717) is 30.6 Å². The van der Waals surface area contributed by atoms with Gasteiger partial charge in [0.15, 0.2) is 0 Å². The molecule has 184 valence electrons. The molecule has 1 aliphatic carbocycles. The van der Waals surface area contributed by atoms with E-state index in [9.17, 15) is 9.18 Å². The smallest absolute Gasteiger partial charge is 0.246 e. The normalized spacial score (nSPS) is 16.9. The third-order valence-electron chi connectivity index (χ3n) is 6.98. The monoisotopic (exact) mass is 513 g/mol. The molecule has 0 saturated heterocycles. The van der Waals surface area contributed by atoms with Crippen LogP contribution in [0.25, 0.3) is 10.2 Å². The molecule has 0 unspecified atom stereocenters. The van der Waals surface area contributed by atoms with Crippen LogP contribution in [0, 0.1) is 5.82 Å². The van der Waals surface area contributed by atoms with Crippen LogP contribution in [-0.4, -0.2) is 51.9 Å². The summed E-state index contributed by atoms with van der Waals surface area (Å²) in [7, 11) is 2.15. The van der Waals surface area contributed by atoms with Crippen molar-refractivity contribution < 1.29 is 9.18 Å². The Bertz CT molecular complexity index is 1260. The van der Waals surface area contributed by atoms with Crippen LogP contribution in [0.2, 0.25) is 5.02 Å². The molecule has 0 radical (unpaired) electrons. The number of hydrogen-bond donors (Lipinski definition) is 1. The van der Waals surface area contributed by atoms with E-state index in [2.05, 4.69) is 27.2 Å². The predicted octanol–water partition coefficient (Wildman–Crippen LogP) is 5.93. The zero-order valence-corrected chi connectivity index (χ0v) is 21.3. The number of amides is 1. The van der Waals surface area contributed by atoms with Gasteiger partial charge < -0.3 is 10.2 Å². The molecule has 2 aromatic heterocycles. The highest BCUT2D eigenvalue weighted by molar-refractivity contribution is 7.19. The molecule has 1 fully saturated rings. The van der Waals surface area contributed by atoms with Gasteiger partial charge in [-0.3, -0.25) is 9.69 Å². The second-order valence-electron chi connectivity index (χ2n) is 9.30. The van der Waals surface area contributed by atoms with E-state index in [-0.39, 0.29) is 10.9 Å². The Balaban J connectivity index is 1.27. The lowest BCUT2D eigenvalue weighted by molar-refractivity contribution is -0.126. The van der Waals surface area contributed by atoms with Gasteiger partial charge in [-0.2, -0.15) is 0 Å². The Morgan fingerprint density at radius 3 is 2.94 bits per heavy atom. The molecule has 0 spiro atoms. The molecule has 3 aromatic rings. The number of aromatic nitrogens is 2. The van der Waals surface area contributed by atoms with Gasteiger partial charge in [-0.05, 0) is 50.1 Å². The number of carbonyl (C=O) groups is 1. The van der Waals surface area contributed by atoms with Crippen molar-refractivity contribution in [1.82, 2.24) is 19.8 Å². The topological polar surface area (TPSA) is 61.4 Å². The van der Waals surface area contributed by atoms with Gasteiger partial charge in [0, 0.05) is 35.8 Å². The Labute approximate surface area is 213 Å². The minimum absolute atomic E-state index is 0.0514. The number of halogens is 2. The molecule has 3 heterocycles. The van der Waals surface area contributed by atoms with Gasteiger partial charge in [-0.1, -0.05) is 36.9 Å². The van der Waals surface area contributed by atoms with E-state index < -0.39 is 5.82 Å². The van der Waals surface area contributed by atoms with Crippen LogP contribution < -0.4 is 5.32 Å². The van der Waals surface area contributed by atoms with Crippen molar-refractivity contribution in [2.45, 2.75) is 51.1 Å². The molecule has 5 rings (SSSR count). The van der Waals surface area contributed by atoms with Gasteiger partial charge in [0.25, 0.3) is 0 Å². The molecule has 1 N–H and O–H groups in total. The fourth-order valence-corrected chi connectivity index (χ4v) is 6.40. The number of rotatable bonds is 6. The standard InChI is InChI=1S/C26H29ClFN5OS/c1-32(18-6-3-2-4-7-18)12-5-8-23(34)33-13-11-19-22(15-33)35-26-24(19)25(29-16-30-26)31-17-9-10-21(28)20(27)14-17/h5,8-10,14,16,18H,2-4,6-7,11-13,15H2,1H3,(H,29,30,31). The summed E-state index contributed by atoms with van der Waals surface area (Å²) >= 11 is 7.54.